The zero-order valence-electron chi connectivity index (χ0n) is 16.5. The summed E-state index contributed by atoms with van der Waals surface area (Å²) in [5.41, 5.74) is 1.96. The molecule has 1 aliphatic heterocycles. The standard InChI is InChI=1S/C21H27FN4O2/c1-4-23-21(24-12-15-8-9-19-20(10-15)28-14-27-19)25-13-18(26(2)3)16-6-5-7-17(22)11-16/h5-11,18H,4,12-14H2,1-3H3,(H2,23,24,25). The number of ether oxygens (including phenoxy) is 2. The van der Waals surface area contributed by atoms with Crippen molar-refractivity contribution in [1.82, 2.24) is 15.5 Å². The number of nitrogens with one attached hydrogen (secondary N) is 2. The van der Waals surface area contributed by atoms with Crippen molar-refractivity contribution in [2.75, 3.05) is 34.0 Å². The smallest absolute Gasteiger partial charge is 0.231 e. The molecule has 1 atom stereocenters. The molecule has 0 bridgehead atoms. The Morgan fingerprint density at radius 1 is 1.14 bits per heavy atom. The summed E-state index contributed by atoms with van der Waals surface area (Å²) in [5, 5.41) is 6.61. The summed E-state index contributed by atoms with van der Waals surface area (Å²) in [6.07, 6.45) is 0. The SMILES string of the molecule is CCNC(=NCc1ccc2c(c1)OCO2)NCC(c1cccc(F)c1)N(C)C. The van der Waals surface area contributed by atoms with E-state index in [0.717, 1.165) is 29.2 Å². The maximum atomic E-state index is 13.6. The highest BCUT2D eigenvalue weighted by Gasteiger charge is 2.16. The second-order valence-electron chi connectivity index (χ2n) is 6.80. The zero-order valence-corrected chi connectivity index (χ0v) is 16.5. The lowest BCUT2D eigenvalue weighted by molar-refractivity contribution is 0.174. The van der Waals surface area contributed by atoms with Crippen LogP contribution in [0.1, 0.15) is 24.1 Å². The molecule has 0 saturated carbocycles. The van der Waals surface area contributed by atoms with Gasteiger partial charge in [-0.25, -0.2) is 9.38 Å². The number of hydrogen-bond acceptors (Lipinski definition) is 4. The molecule has 0 aliphatic carbocycles. The second-order valence-corrected chi connectivity index (χ2v) is 6.80. The molecule has 0 aromatic heterocycles. The summed E-state index contributed by atoms with van der Waals surface area (Å²) in [6.45, 7) is 4.15. The molecule has 0 saturated heterocycles. The molecular formula is C21H27FN4O2. The lowest BCUT2D eigenvalue weighted by atomic mass is 10.1. The molecule has 7 heteroatoms. The van der Waals surface area contributed by atoms with Crippen molar-refractivity contribution < 1.29 is 13.9 Å². The van der Waals surface area contributed by atoms with Gasteiger partial charge in [0.1, 0.15) is 5.82 Å². The number of fused-ring (bicyclic) bond motifs is 1. The summed E-state index contributed by atoms with van der Waals surface area (Å²) in [5.74, 6) is 2.00. The Balaban J connectivity index is 1.66. The minimum absolute atomic E-state index is 0.0186. The van der Waals surface area contributed by atoms with E-state index in [4.69, 9.17) is 9.47 Å². The normalized spacial score (nSPS) is 14.2. The van der Waals surface area contributed by atoms with Gasteiger partial charge in [-0.3, -0.25) is 0 Å². The number of benzene rings is 2. The minimum atomic E-state index is -0.229. The maximum absolute atomic E-state index is 13.6. The molecule has 1 heterocycles. The number of likely N-dealkylation sites (N-methyl/N-ethyl adjacent to an activating group) is 1. The third-order valence-corrected chi connectivity index (χ3v) is 4.52. The van der Waals surface area contributed by atoms with Crippen molar-refractivity contribution in [2.24, 2.45) is 4.99 Å². The van der Waals surface area contributed by atoms with Gasteiger partial charge < -0.3 is 25.0 Å². The fourth-order valence-electron chi connectivity index (χ4n) is 3.06. The van der Waals surface area contributed by atoms with Crippen LogP contribution in [0.5, 0.6) is 11.5 Å². The van der Waals surface area contributed by atoms with Crippen LogP contribution in [0.2, 0.25) is 0 Å². The Hall–Kier alpha value is -2.80. The quantitative estimate of drug-likeness (QED) is 0.566. The predicted molar refractivity (Wildman–Crippen MR) is 108 cm³/mol. The van der Waals surface area contributed by atoms with Crippen LogP contribution < -0.4 is 20.1 Å². The van der Waals surface area contributed by atoms with Crippen LogP contribution in [0.3, 0.4) is 0 Å². The van der Waals surface area contributed by atoms with Crippen molar-refractivity contribution >= 4 is 5.96 Å². The van der Waals surface area contributed by atoms with Gasteiger partial charge in [0.15, 0.2) is 17.5 Å². The molecule has 0 fully saturated rings. The van der Waals surface area contributed by atoms with E-state index in [2.05, 4.69) is 20.5 Å². The van der Waals surface area contributed by atoms with Gasteiger partial charge in [0.25, 0.3) is 0 Å². The van der Waals surface area contributed by atoms with Gasteiger partial charge in [0.05, 0.1) is 12.6 Å². The summed E-state index contributed by atoms with van der Waals surface area (Å²) in [7, 11) is 3.96. The largest absolute Gasteiger partial charge is 0.454 e. The van der Waals surface area contributed by atoms with E-state index in [0.29, 0.717) is 19.0 Å². The topological polar surface area (TPSA) is 58.1 Å². The van der Waals surface area contributed by atoms with Crippen LogP contribution in [-0.4, -0.2) is 44.8 Å². The predicted octanol–water partition coefficient (Wildman–Crippen LogP) is 2.91. The first-order chi connectivity index (χ1) is 13.6. The Labute approximate surface area is 165 Å². The van der Waals surface area contributed by atoms with Crippen LogP contribution in [0, 0.1) is 5.82 Å². The minimum Gasteiger partial charge on any atom is -0.454 e. The highest BCUT2D eigenvalue weighted by molar-refractivity contribution is 5.79. The Morgan fingerprint density at radius 3 is 2.71 bits per heavy atom. The lowest BCUT2D eigenvalue weighted by Crippen LogP contribution is -2.41. The van der Waals surface area contributed by atoms with E-state index >= 15 is 0 Å². The Bertz CT molecular complexity index is 826. The number of nitrogens with zero attached hydrogens (tertiary/aromatic N) is 2. The van der Waals surface area contributed by atoms with Gasteiger partial charge in [0, 0.05) is 13.1 Å². The van der Waals surface area contributed by atoms with Gasteiger partial charge >= 0.3 is 0 Å². The number of aliphatic imine (C=N–C) groups is 1. The molecule has 0 radical (unpaired) electrons. The van der Waals surface area contributed by atoms with Crippen LogP contribution in [0.4, 0.5) is 4.39 Å². The van der Waals surface area contributed by atoms with E-state index in [1.807, 2.05) is 45.3 Å². The summed E-state index contributed by atoms with van der Waals surface area (Å²) in [4.78, 5) is 6.72. The lowest BCUT2D eigenvalue weighted by Gasteiger charge is -2.26. The third kappa shape index (κ3) is 5.13. The average Bonchev–Trinajstić information content (AvgIpc) is 3.14. The summed E-state index contributed by atoms with van der Waals surface area (Å²) in [6, 6.07) is 12.6. The molecule has 2 N–H and O–H groups in total. The number of hydrogen-bond donors (Lipinski definition) is 2. The molecule has 2 aromatic carbocycles. The molecular weight excluding hydrogens is 359 g/mol. The van der Waals surface area contributed by atoms with E-state index < -0.39 is 0 Å². The number of halogens is 1. The molecule has 28 heavy (non-hydrogen) atoms. The van der Waals surface area contributed by atoms with Crippen LogP contribution in [-0.2, 0) is 6.54 Å². The molecule has 150 valence electrons. The van der Waals surface area contributed by atoms with Crippen molar-refractivity contribution in [3.8, 4) is 11.5 Å². The van der Waals surface area contributed by atoms with E-state index in [-0.39, 0.29) is 18.7 Å². The van der Waals surface area contributed by atoms with Gasteiger partial charge in [-0.2, -0.15) is 0 Å². The highest BCUT2D eigenvalue weighted by atomic mass is 19.1. The van der Waals surface area contributed by atoms with Crippen molar-refractivity contribution in [3.63, 3.8) is 0 Å². The highest BCUT2D eigenvalue weighted by Crippen LogP contribution is 2.32. The van der Waals surface area contributed by atoms with Gasteiger partial charge in [0.2, 0.25) is 6.79 Å². The Kier molecular flexibility index (Phi) is 6.71. The van der Waals surface area contributed by atoms with Gasteiger partial charge in [-0.05, 0) is 56.4 Å². The monoisotopic (exact) mass is 386 g/mol. The molecule has 0 amide bonds. The molecule has 0 spiro atoms. The van der Waals surface area contributed by atoms with Crippen molar-refractivity contribution in [3.05, 3.63) is 59.4 Å². The number of guanidine groups is 1. The second kappa shape index (κ2) is 9.41. The molecule has 1 aliphatic rings. The molecule has 1 unspecified atom stereocenters. The zero-order chi connectivity index (χ0) is 19.9. The first-order valence-corrected chi connectivity index (χ1v) is 9.39. The maximum Gasteiger partial charge on any atom is 0.231 e. The van der Waals surface area contributed by atoms with Gasteiger partial charge in [-0.1, -0.05) is 18.2 Å². The van der Waals surface area contributed by atoms with E-state index in [9.17, 15) is 4.39 Å². The first-order valence-electron chi connectivity index (χ1n) is 9.39. The first kappa shape index (κ1) is 19.9. The van der Waals surface area contributed by atoms with Crippen LogP contribution >= 0.6 is 0 Å². The van der Waals surface area contributed by atoms with Crippen molar-refractivity contribution in [2.45, 2.75) is 19.5 Å². The fourth-order valence-corrected chi connectivity index (χ4v) is 3.06. The van der Waals surface area contributed by atoms with Crippen LogP contribution in [0.25, 0.3) is 0 Å². The van der Waals surface area contributed by atoms with Crippen molar-refractivity contribution in [1.29, 1.82) is 0 Å². The molecule has 2 aromatic rings. The fraction of sp³-hybridized carbons (Fsp3) is 0.381. The van der Waals surface area contributed by atoms with E-state index in [1.165, 1.54) is 6.07 Å². The number of rotatable bonds is 7. The van der Waals surface area contributed by atoms with E-state index in [1.54, 1.807) is 12.1 Å². The van der Waals surface area contributed by atoms with Gasteiger partial charge in [-0.15, -0.1) is 0 Å². The van der Waals surface area contributed by atoms with Crippen LogP contribution in [0.15, 0.2) is 47.5 Å². The molecule has 3 rings (SSSR count). The Morgan fingerprint density at radius 2 is 1.96 bits per heavy atom. The average molecular weight is 386 g/mol. The summed E-state index contributed by atoms with van der Waals surface area (Å²) < 4.78 is 24.4. The summed E-state index contributed by atoms with van der Waals surface area (Å²) >= 11 is 0. The molecule has 6 nitrogen and oxygen atoms in total. The third-order valence-electron chi connectivity index (χ3n) is 4.52.